The van der Waals surface area contributed by atoms with Crippen LogP contribution in [0.2, 0.25) is 0 Å². The molecule has 0 aliphatic heterocycles. The number of ether oxygens (including phenoxy) is 1. The Morgan fingerprint density at radius 3 is 2.89 bits per heavy atom. The number of nitrogen functional groups attached to an aromatic ring is 1. The van der Waals surface area contributed by atoms with E-state index in [4.69, 9.17) is 10.5 Å². The third-order valence-electron chi connectivity index (χ3n) is 3.42. The van der Waals surface area contributed by atoms with E-state index in [0.717, 1.165) is 12.8 Å². The molecule has 1 amide bonds. The number of hydrogen-bond acceptors (Lipinski definition) is 3. The molecular weight excluding hydrogens is 230 g/mol. The second-order valence-electron chi connectivity index (χ2n) is 5.02. The van der Waals surface area contributed by atoms with Crippen LogP contribution in [0.4, 0.5) is 5.69 Å². The molecule has 1 aliphatic carbocycles. The molecule has 1 unspecified atom stereocenters. The van der Waals surface area contributed by atoms with Gasteiger partial charge in [-0.05, 0) is 25.8 Å². The fourth-order valence-corrected chi connectivity index (χ4v) is 2.06. The molecule has 1 aromatic rings. The molecule has 100 valence electrons. The summed E-state index contributed by atoms with van der Waals surface area (Å²) in [6, 6.07) is 2.26. The van der Waals surface area contributed by atoms with Crippen LogP contribution in [0, 0.1) is 0 Å². The maximum Gasteiger partial charge on any atom is 0.270 e. The number of carbonyl (C=O) groups is 1. The van der Waals surface area contributed by atoms with E-state index in [1.165, 1.54) is 0 Å². The van der Waals surface area contributed by atoms with E-state index in [9.17, 15) is 4.79 Å². The number of amides is 1. The lowest BCUT2D eigenvalue weighted by Gasteiger charge is -2.24. The maximum atomic E-state index is 12.4. The zero-order valence-corrected chi connectivity index (χ0v) is 11.2. The molecular formula is C13H21N3O2. The molecule has 5 heteroatoms. The number of carbonyl (C=O) groups excluding carboxylic acids is 1. The van der Waals surface area contributed by atoms with Gasteiger partial charge in [0.05, 0.1) is 18.3 Å². The minimum absolute atomic E-state index is 0.00292. The van der Waals surface area contributed by atoms with Gasteiger partial charge in [0.2, 0.25) is 0 Å². The number of nitrogens with two attached hydrogens (primary N) is 1. The standard InChI is InChI=1S/C13H21N3O2/c1-9(8-18-3)15(2)13(17)12-6-10(14)7-16(12)11-4-5-11/h6-7,9,11H,4-5,8,14H2,1-3H3. The van der Waals surface area contributed by atoms with E-state index in [0.29, 0.717) is 24.0 Å². The smallest absolute Gasteiger partial charge is 0.270 e. The Kier molecular flexibility index (Phi) is 3.61. The van der Waals surface area contributed by atoms with Crippen LogP contribution in [0.3, 0.4) is 0 Å². The van der Waals surface area contributed by atoms with E-state index >= 15 is 0 Å². The van der Waals surface area contributed by atoms with Gasteiger partial charge in [0.1, 0.15) is 5.69 Å². The van der Waals surface area contributed by atoms with Crippen LogP contribution >= 0.6 is 0 Å². The largest absolute Gasteiger partial charge is 0.397 e. The van der Waals surface area contributed by atoms with Crippen LogP contribution in [0.1, 0.15) is 36.3 Å². The van der Waals surface area contributed by atoms with Gasteiger partial charge in [-0.1, -0.05) is 0 Å². The number of anilines is 1. The van der Waals surface area contributed by atoms with Crippen LogP contribution in [-0.4, -0.2) is 42.2 Å². The van der Waals surface area contributed by atoms with Crippen molar-refractivity contribution in [3.05, 3.63) is 18.0 Å². The van der Waals surface area contributed by atoms with Crippen molar-refractivity contribution in [1.29, 1.82) is 0 Å². The van der Waals surface area contributed by atoms with Gasteiger partial charge in [0, 0.05) is 26.4 Å². The third-order valence-corrected chi connectivity index (χ3v) is 3.42. The first kappa shape index (κ1) is 13.0. The molecule has 0 spiro atoms. The fraction of sp³-hybridized carbons (Fsp3) is 0.615. The van der Waals surface area contributed by atoms with Crippen molar-refractivity contribution in [3.8, 4) is 0 Å². The van der Waals surface area contributed by atoms with E-state index in [-0.39, 0.29) is 11.9 Å². The monoisotopic (exact) mass is 251 g/mol. The predicted octanol–water partition coefficient (Wildman–Crippen LogP) is 1.51. The summed E-state index contributed by atoms with van der Waals surface area (Å²) in [5.74, 6) is 0.00292. The van der Waals surface area contributed by atoms with Gasteiger partial charge in [-0.3, -0.25) is 4.79 Å². The summed E-state index contributed by atoms with van der Waals surface area (Å²) in [7, 11) is 3.44. The summed E-state index contributed by atoms with van der Waals surface area (Å²) in [5.41, 5.74) is 7.13. The topological polar surface area (TPSA) is 60.5 Å². The lowest BCUT2D eigenvalue weighted by Crippen LogP contribution is -2.38. The molecule has 1 aromatic heterocycles. The molecule has 2 N–H and O–H groups in total. The summed E-state index contributed by atoms with van der Waals surface area (Å²) < 4.78 is 7.09. The van der Waals surface area contributed by atoms with E-state index in [1.807, 2.05) is 17.7 Å². The molecule has 1 heterocycles. The molecule has 1 fully saturated rings. The Labute approximate surface area is 108 Å². The summed E-state index contributed by atoms with van der Waals surface area (Å²) >= 11 is 0. The SMILES string of the molecule is COCC(C)N(C)C(=O)c1cc(N)cn1C1CC1. The van der Waals surface area contributed by atoms with Crippen LogP contribution in [0.25, 0.3) is 0 Å². The summed E-state index contributed by atoms with van der Waals surface area (Å²) in [5, 5.41) is 0. The van der Waals surface area contributed by atoms with Crippen molar-refractivity contribution < 1.29 is 9.53 Å². The van der Waals surface area contributed by atoms with Crippen molar-refractivity contribution in [2.45, 2.75) is 31.8 Å². The van der Waals surface area contributed by atoms with Gasteiger partial charge in [-0.15, -0.1) is 0 Å². The van der Waals surface area contributed by atoms with Crippen molar-refractivity contribution in [3.63, 3.8) is 0 Å². The molecule has 1 saturated carbocycles. The fourth-order valence-electron chi connectivity index (χ4n) is 2.06. The zero-order valence-electron chi connectivity index (χ0n) is 11.2. The molecule has 5 nitrogen and oxygen atoms in total. The lowest BCUT2D eigenvalue weighted by molar-refractivity contribution is 0.0623. The third kappa shape index (κ3) is 2.51. The molecule has 2 rings (SSSR count). The highest BCUT2D eigenvalue weighted by Gasteiger charge is 2.29. The van der Waals surface area contributed by atoms with Crippen molar-refractivity contribution in [1.82, 2.24) is 9.47 Å². The van der Waals surface area contributed by atoms with E-state index < -0.39 is 0 Å². The minimum Gasteiger partial charge on any atom is -0.397 e. The summed E-state index contributed by atoms with van der Waals surface area (Å²) in [6.45, 7) is 2.50. The minimum atomic E-state index is 0.00292. The normalized spacial score (nSPS) is 16.6. The average molecular weight is 251 g/mol. The van der Waals surface area contributed by atoms with Gasteiger partial charge in [-0.2, -0.15) is 0 Å². The number of rotatable bonds is 5. The Bertz CT molecular complexity index is 437. The van der Waals surface area contributed by atoms with E-state index in [1.54, 1.807) is 25.1 Å². The van der Waals surface area contributed by atoms with Crippen LogP contribution in [-0.2, 0) is 4.74 Å². The molecule has 0 aromatic carbocycles. The first-order valence-electron chi connectivity index (χ1n) is 6.28. The van der Waals surface area contributed by atoms with E-state index in [2.05, 4.69) is 0 Å². The summed E-state index contributed by atoms with van der Waals surface area (Å²) in [6.07, 6.45) is 4.12. The number of nitrogens with zero attached hydrogens (tertiary/aromatic N) is 2. The molecule has 0 saturated heterocycles. The Morgan fingerprint density at radius 2 is 2.33 bits per heavy atom. The van der Waals surface area contributed by atoms with Gasteiger partial charge >= 0.3 is 0 Å². The lowest BCUT2D eigenvalue weighted by atomic mass is 10.2. The van der Waals surface area contributed by atoms with Gasteiger partial charge < -0.3 is 19.9 Å². The first-order valence-corrected chi connectivity index (χ1v) is 6.28. The number of likely N-dealkylation sites (N-methyl/N-ethyl adjacent to an activating group) is 1. The van der Waals surface area contributed by atoms with Gasteiger partial charge in [-0.25, -0.2) is 0 Å². The van der Waals surface area contributed by atoms with Crippen molar-refractivity contribution in [2.75, 3.05) is 26.5 Å². The molecule has 0 radical (unpaired) electrons. The highest BCUT2D eigenvalue weighted by Crippen LogP contribution is 2.37. The van der Waals surface area contributed by atoms with Crippen molar-refractivity contribution >= 4 is 11.6 Å². The van der Waals surface area contributed by atoms with Gasteiger partial charge in [0.15, 0.2) is 0 Å². The quantitative estimate of drug-likeness (QED) is 0.863. The van der Waals surface area contributed by atoms with Crippen molar-refractivity contribution in [2.24, 2.45) is 0 Å². The van der Waals surface area contributed by atoms with Crippen LogP contribution < -0.4 is 5.73 Å². The second-order valence-corrected chi connectivity index (χ2v) is 5.02. The Balaban J connectivity index is 2.17. The van der Waals surface area contributed by atoms with Crippen LogP contribution in [0.5, 0.6) is 0 Å². The zero-order chi connectivity index (χ0) is 13.3. The first-order chi connectivity index (χ1) is 8.54. The summed E-state index contributed by atoms with van der Waals surface area (Å²) in [4.78, 5) is 14.1. The molecule has 18 heavy (non-hydrogen) atoms. The Morgan fingerprint density at radius 1 is 1.67 bits per heavy atom. The second kappa shape index (κ2) is 5.02. The molecule has 1 atom stereocenters. The number of aromatic nitrogens is 1. The number of methoxy groups -OCH3 is 1. The highest BCUT2D eigenvalue weighted by atomic mass is 16.5. The average Bonchev–Trinajstić information content (AvgIpc) is 3.11. The molecule has 1 aliphatic rings. The van der Waals surface area contributed by atoms with Crippen LogP contribution in [0.15, 0.2) is 12.3 Å². The van der Waals surface area contributed by atoms with Gasteiger partial charge in [0.25, 0.3) is 5.91 Å². The maximum absolute atomic E-state index is 12.4. The predicted molar refractivity (Wildman–Crippen MR) is 70.5 cm³/mol. The Hall–Kier alpha value is -1.49. The molecule has 0 bridgehead atoms. The highest BCUT2D eigenvalue weighted by molar-refractivity contribution is 5.94. The number of hydrogen-bond donors (Lipinski definition) is 1.